The van der Waals surface area contributed by atoms with Gasteiger partial charge in [0.1, 0.15) is 18.0 Å². The fraction of sp³-hybridized carbons (Fsp3) is 0.538. The van der Waals surface area contributed by atoms with Gasteiger partial charge in [0.05, 0.1) is 12.7 Å². The predicted octanol–water partition coefficient (Wildman–Crippen LogP) is 2.75. The van der Waals surface area contributed by atoms with Crippen LogP contribution in [0.5, 0.6) is 5.75 Å². The van der Waals surface area contributed by atoms with Gasteiger partial charge in [-0.15, -0.1) is 0 Å². The Balaban J connectivity index is 1.93. The lowest BCUT2D eigenvalue weighted by Crippen LogP contribution is -2.33. The van der Waals surface area contributed by atoms with Crippen LogP contribution in [-0.2, 0) is 11.2 Å². The van der Waals surface area contributed by atoms with Gasteiger partial charge < -0.3 is 9.47 Å². The van der Waals surface area contributed by atoms with Crippen LogP contribution < -0.4 is 4.74 Å². The van der Waals surface area contributed by atoms with Gasteiger partial charge in [-0.1, -0.05) is 18.2 Å². The molecule has 0 spiro atoms. The van der Waals surface area contributed by atoms with Crippen LogP contribution in [0.15, 0.2) is 24.3 Å². The highest BCUT2D eigenvalue weighted by Gasteiger charge is 2.23. The Morgan fingerprint density at radius 1 is 1.44 bits per heavy atom. The molecule has 2 rings (SSSR count). The van der Waals surface area contributed by atoms with Crippen molar-refractivity contribution in [3.63, 3.8) is 0 Å². The lowest BCUT2D eigenvalue weighted by atomic mass is 10.0. The Bertz CT molecular complexity index is 357. The molecule has 1 heterocycles. The van der Waals surface area contributed by atoms with Gasteiger partial charge in [-0.25, -0.2) is 4.39 Å². The second-order valence-corrected chi connectivity index (χ2v) is 4.77. The third kappa shape index (κ3) is 2.95. The molecule has 1 aliphatic rings. The van der Waals surface area contributed by atoms with Crippen LogP contribution in [0, 0.1) is 0 Å². The van der Waals surface area contributed by atoms with Crippen LogP contribution in [0.2, 0.25) is 0 Å². The highest BCUT2D eigenvalue weighted by molar-refractivity contribution is 5.35. The quantitative estimate of drug-likeness (QED) is 0.786. The predicted molar refractivity (Wildman–Crippen MR) is 60.6 cm³/mol. The molecular formula is C13H17FO2. The number of hydrogen-bond acceptors (Lipinski definition) is 2. The zero-order chi connectivity index (χ0) is 11.6. The summed E-state index contributed by atoms with van der Waals surface area (Å²) in [6.45, 7) is 3.66. The monoisotopic (exact) mass is 224 g/mol. The van der Waals surface area contributed by atoms with Gasteiger partial charge in [-0.2, -0.15) is 0 Å². The Morgan fingerprint density at radius 3 is 2.94 bits per heavy atom. The summed E-state index contributed by atoms with van der Waals surface area (Å²) in [5.74, 6) is 0.918. The molecule has 0 aromatic heterocycles. The standard InChI is InChI=1S/C13H17FO2/c1-13(2,14)9-16-11-7-10-5-3-4-6-12(10)15-8-11/h3-6,11H,7-9H2,1-2H3. The fourth-order valence-corrected chi connectivity index (χ4v) is 1.72. The number of hydrogen-bond donors (Lipinski definition) is 0. The first-order chi connectivity index (χ1) is 7.54. The average molecular weight is 224 g/mol. The third-order valence-electron chi connectivity index (χ3n) is 2.51. The number of halogens is 1. The van der Waals surface area contributed by atoms with E-state index in [1.54, 1.807) is 0 Å². The molecule has 1 unspecified atom stereocenters. The first-order valence-electron chi connectivity index (χ1n) is 5.56. The van der Waals surface area contributed by atoms with Crippen LogP contribution >= 0.6 is 0 Å². The van der Waals surface area contributed by atoms with E-state index in [2.05, 4.69) is 0 Å². The van der Waals surface area contributed by atoms with E-state index in [-0.39, 0.29) is 12.7 Å². The molecule has 88 valence electrons. The zero-order valence-electron chi connectivity index (χ0n) is 9.70. The van der Waals surface area contributed by atoms with Crippen molar-refractivity contribution in [3.8, 4) is 5.75 Å². The second-order valence-electron chi connectivity index (χ2n) is 4.77. The molecule has 0 amide bonds. The Labute approximate surface area is 95.4 Å². The summed E-state index contributed by atoms with van der Waals surface area (Å²) in [6.07, 6.45) is 0.761. The molecule has 0 saturated carbocycles. The molecular weight excluding hydrogens is 207 g/mol. The van der Waals surface area contributed by atoms with Gasteiger partial charge in [0.15, 0.2) is 0 Å². The van der Waals surface area contributed by atoms with Gasteiger partial charge in [-0.05, 0) is 25.5 Å². The van der Waals surface area contributed by atoms with Gasteiger partial charge in [0, 0.05) is 6.42 Å². The van der Waals surface area contributed by atoms with Crippen molar-refractivity contribution in [2.45, 2.75) is 32.0 Å². The lowest BCUT2D eigenvalue weighted by Gasteiger charge is -2.27. The van der Waals surface area contributed by atoms with Crippen molar-refractivity contribution >= 4 is 0 Å². The van der Waals surface area contributed by atoms with E-state index in [1.165, 1.54) is 13.8 Å². The van der Waals surface area contributed by atoms with Crippen molar-refractivity contribution < 1.29 is 13.9 Å². The highest BCUT2D eigenvalue weighted by Crippen LogP contribution is 2.25. The van der Waals surface area contributed by atoms with Crippen molar-refractivity contribution in [2.24, 2.45) is 0 Å². The zero-order valence-corrected chi connectivity index (χ0v) is 9.70. The Morgan fingerprint density at radius 2 is 2.19 bits per heavy atom. The van der Waals surface area contributed by atoms with Crippen LogP contribution in [0.4, 0.5) is 4.39 Å². The fourth-order valence-electron chi connectivity index (χ4n) is 1.72. The minimum atomic E-state index is -1.28. The molecule has 0 N–H and O–H groups in total. The lowest BCUT2D eigenvalue weighted by molar-refractivity contribution is -0.0360. The van der Waals surface area contributed by atoms with Crippen LogP contribution in [0.25, 0.3) is 0 Å². The smallest absolute Gasteiger partial charge is 0.128 e. The maximum absolute atomic E-state index is 13.3. The number of para-hydroxylation sites is 1. The number of fused-ring (bicyclic) bond motifs is 1. The molecule has 0 saturated heterocycles. The van der Waals surface area contributed by atoms with E-state index in [1.807, 2.05) is 24.3 Å². The van der Waals surface area contributed by atoms with Gasteiger partial charge >= 0.3 is 0 Å². The Hall–Kier alpha value is -1.09. The normalized spacial score (nSPS) is 20.1. The van der Waals surface area contributed by atoms with Crippen LogP contribution in [-0.4, -0.2) is 25.0 Å². The third-order valence-corrected chi connectivity index (χ3v) is 2.51. The molecule has 0 aliphatic carbocycles. The van der Waals surface area contributed by atoms with E-state index in [4.69, 9.17) is 9.47 Å². The minimum Gasteiger partial charge on any atom is -0.491 e. The van der Waals surface area contributed by atoms with E-state index in [0.717, 1.165) is 17.7 Å². The molecule has 2 nitrogen and oxygen atoms in total. The average Bonchev–Trinajstić information content (AvgIpc) is 2.25. The Kier molecular flexibility index (Phi) is 3.15. The first kappa shape index (κ1) is 11.4. The van der Waals surface area contributed by atoms with Gasteiger partial charge in [0.25, 0.3) is 0 Å². The molecule has 1 aromatic carbocycles. The number of ether oxygens (including phenoxy) is 2. The molecule has 0 radical (unpaired) electrons. The number of benzene rings is 1. The topological polar surface area (TPSA) is 18.5 Å². The van der Waals surface area contributed by atoms with Crippen molar-refractivity contribution in [3.05, 3.63) is 29.8 Å². The molecule has 1 aliphatic heterocycles. The van der Waals surface area contributed by atoms with E-state index in [9.17, 15) is 4.39 Å². The van der Waals surface area contributed by atoms with Crippen molar-refractivity contribution in [1.82, 2.24) is 0 Å². The molecule has 0 bridgehead atoms. The molecule has 1 atom stereocenters. The highest BCUT2D eigenvalue weighted by atomic mass is 19.1. The van der Waals surface area contributed by atoms with E-state index < -0.39 is 5.67 Å². The van der Waals surface area contributed by atoms with E-state index in [0.29, 0.717) is 6.61 Å². The molecule has 1 aromatic rings. The minimum absolute atomic E-state index is 0.0371. The largest absolute Gasteiger partial charge is 0.491 e. The van der Waals surface area contributed by atoms with E-state index >= 15 is 0 Å². The summed E-state index contributed by atoms with van der Waals surface area (Å²) >= 11 is 0. The van der Waals surface area contributed by atoms with Crippen LogP contribution in [0.3, 0.4) is 0 Å². The van der Waals surface area contributed by atoms with Gasteiger partial charge in [-0.3, -0.25) is 0 Å². The molecule has 16 heavy (non-hydrogen) atoms. The maximum Gasteiger partial charge on any atom is 0.128 e. The van der Waals surface area contributed by atoms with Crippen molar-refractivity contribution in [2.75, 3.05) is 13.2 Å². The molecule has 0 fully saturated rings. The van der Waals surface area contributed by atoms with Crippen LogP contribution in [0.1, 0.15) is 19.4 Å². The van der Waals surface area contributed by atoms with Crippen molar-refractivity contribution in [1.29, 1.82) is 0 Å². The summed E-state index contributed by atoms with van der Waals surface area (Å²) in [4.78, 5) is 0. The maximum atomic E-state index is 13.3. The number of rotatable bonds is 3. The van der Waals surface area contributed by atoms with Gasteiger partial charge in [0.2, 0.25) is 0 Å². The number of alkyl halides is 1. The summed E-state index contributed by atoms with van der Waals surface area (Å²) in [5, 5.41) is 0. The second kappa shape index (κ2) is 4.42. The summed E-state index contributed by atoms with van der Waals surface area (Å²) in [7, 11) is 0. The summed E-state index contributed by atoms with van der Waals surface area (Å²) < 4.78 is 24.3. The molecule has 3 heteroatoms. The summed E-state index contributed by atoms with van der Waals surface area (Å²) in [6, 6.07) is 7.89. The SMILES string of the molecule is CC(C)(F)COC1COc2ccccc2C1. The first-order valence-corrected chi connectivity index (χ1v) is 5.56. The summed E-state index contributed by atoms with van der Waals surface area (Å²) in [5.41, 5.74) is -0.146.